The second kappa shape index (κ2) is 8.05. The number of thiazole rings is 1. The number of rotatable bonds is 7. The van der Waals surface area contributed by atoms with Crippen LogP contribution in [0.2, 0.25) is 0 Å². The molecule has 0 radical (unpaired) electrons. The number of amides is 1. The van der Waals surface area contributed by atoms with E-state index in [4.69, 9.17) is 4.52 Å². The van der Waals surface area contributed by atoms with Gasteiger partial charge in [-0.1, -0.05) is 19.0 Å². The Bertz CT molecular complexity index is 705. The molecule has 1 aliphatic rings. The number of likely N-dealkylation sites (tertiary alicyclic amines) is 1. The molecule has 1 amide bonds. The first kappa shape index (κ1) is 18.0. The molecule has 8 heteroatoms. The van der Waals surface area contributed by atoms with E-state index < -0.39 is 0 Å². The lowest BCUT2D eigenvalue weighted by molar-refractivity contribution is 0.0936. The van der Waals surface area contributed by atoms with E-state index in [1.54, 1.807) is 6.20 Å². The van der Waals surface area contributed by atoms with E-state index in [1.165, 1.54) is 24.2 Å². The van der Waals surface area contributed by atoms with Crippen LogP contribution in [0.1, 0.15) is 66.0 Å². The highest BCUT2D eigenvalue weighted by molar-refractivity contribution is 7.13. The summed E-state index contributed by atoms with van der Waals surface area (Å²) in [6.45, 7) is 9.12. The molecule has 25 heavy (non-hydrogen) atoms. The van der Waals surface area contributed by atoms with Crippen LogP contribution in [-0.4, -0.2) is 39.0 Å². The number of hydrogen-bond acceptors (Lipinski definition) is 7. The molecule has 1 saturated heterocycles. The Morgan fingerprint density at radius 1 is 1.36 bits per heavy atom. The monoisotopic (exact) mass is 363 g/mol. The minimum Gasteiger partial charge on any atom is -0.340 e. The molecule has 1 N–H and O–H groups in total. The summed E-state index contributed by atoms with van der Waals surface area (Å²) in [6.07, 6.45) is 4.91. The van der Waals surface area contributed by atoms with Gasteiger partial charge in [0.15, 0.2) is 5.82 Å². The van der Waals surface area contributed by atoms with E-state index in [0.29, 0.717) is 22.5 Å². The number of hydrogen-bond donors (Lipinski definition) is 1. The lowest BCUT2D eigenvalue weighted by Gasteiger charge is -2.11. The summed E-state index contributed by atoms with van der Waals surface area (Å²) in [5, 5.41) is 7.86. The first-order valence-corrected chi connectivity index (χ1v) is 9.63. The summed E-state index contributed by atoms with van der Waals surface area (Å²) in [6, 6.07) is -0.329. The Morgan fingerprint density at radius 2 is 2.12 bits per heavy atom. The van der Waals surface area contributed by atoms with Gasteiger partial charge in [0.1, 0.15) is 15.9 Å². The molecule has 136 valence electrons. The van der Waals surface area contributed by atoms with Crippen LogP contribution in [0, 0.1) is 5.92 Å². The Hall–Kier alpha value is -1.80. The van der Waals surface area contributed by atoms with Crippen molar-refractivity contribution in [3.63, 3.8) is 0 Å². The minimum absolute atomic E-state index is 0.152. The van der Waals surface area contributed by atoms with Crippen LogP contribution >= 0.6 is 11.3 Å². The molecule has 2 aromatic heterocycles. The second-order valence-electron chi connectivity index (χ2n) is 6.94. The maximum absolute atomic E-state index is 12.4. The fourth-order valence-corrected chi connectivity index (χ4v) is 3.70. The maximum Gasteiger partial charge on any atom is 0.263 e. The van der Waals surface area contributed by atoms with Gasteiger partial charge < -0.3 is 9.84 Å². The topological polar surface area (TPSA) is 84.2 Å². The molecule has 0 saturated carbocycles. The highest BCUT2D eigenvalue weighted by Crippen LogP contribution is 2.19. The fourth-order valence-electron chi connectivity index (χ4n) is 2.84. The molecule has 0 aliphatic carbocycles. The molecule has 0 bridgehead atoms. The van der Waals surface area contributed by atoms with E-state index in [2.05, 4.69) is 39.2 Å². The van der Waals surface area contributed by atoms with E-state index in [1.807, 2.05) is 6.92 Å². The number of aromatic nitrogens is 3. The largest absolute Gasteiger partial charge is 0.340 e. The van der Waals surface area contributed by atoms with Crippen molar-refractivity contribution in [1.82, 2.24) is 25.3 Å². The van der Waals surface area contributed by atoms with Gasteiger partial charge in [-0.2, -0.15) is 4.98 Å². The highest BCUT2D eigenvalue weighted by Gasteiger charge is 2.20. The van der Waals surface area contributed by atoms with Crippen molar-refractivity contribution in [3.05, 3.63) is 27.8 Å². The minimum atomic E-state index is -0.329. The molecule has 0 spiro atoms. The van der Waals surface area contributed by atoms with E-state index in [-0.39, 0.29) is 11.9 Å². The SMILES string of the molecule is CC(C)Cc1noc([C@H](C)NC(=O)c2cnc(CN3CCCC3)s2)n1. The van der Waals surface area contributed by atoms with Gasteiger partial charge in [-0.05, 0) is 38.8 Å². The maximum atomic E-state index is 12.4. The van der Waals surface area contributed by atoms with Gasteiger partial charge in [-0.25, -0.2) is 4.98 Å². The fraction of sp³-hybridized carbons (Fsp3) is 0.647. The second-order valence-corrected chi connectivity index (χ2v) is 8.06. The van der Waals surface area contributed by atoms with E-state index >= 15 is 0 Å². The summed E-state index contributed by atoms with van der Waals surface area (Å²) < 4.78 is 5.26. The summed E-state index contributed by atoms with van der Waals surface area (Å²) >= 11 is 1.45. The van der Waals surface area contributed by atoms with Crippen LogP contribution in [0.5, 0.6) is 0 Å². The van der Waals surface area contributed by atoms with Gasteiger partial charge in [0.2, 0.25) is 5.89 Å². The number of carbonyl (C=O) groups is 1. The van der Waals surface area contributed by atoms with Gasteiger partial charge in [0.25, 0.3) is 5.91 Å². The predicted molar refractivity (Wildman–Crippen MR) is 95.3 cm³/mol. The van der Waals surface area contributed by atoms with Crippen LogP contribution in [0.4, 0.5) is 0 Å². The molecule has 0 aromatic carbocycles. The normalized spacial score (nSPS) is 16.5. The van der Waals surface area contributed by atoms with Gasteiger partial charge in [-0.15, -0.1) is 11.3 Å². The average Bonchev–Trinajstić information content (AvgIpc) is 3.28. The smallest absolute Gasteiger partial charge is 0.263 e. The van der Waals surface area contributed by atoms with Crippen molar-refractivity contribution in [3.8, 4) is 0 Å². The highest BCUT2D eigenvalue weighted by atomic mass is 32.1. The summed E-state index contributed by atoms with van der Waals surface area (Å²) in [5.41, 5.74) is 0. The molecule has 7 nitrogen and oxygen atoms in total. The zero-order chi connectivity index (χ0) is 17.8. The molecule has 3 rings (SSSR count). The van der Waals surface area contributed by atoms with Crippen molar-refractivity contribution < 1.29 is 9.32 Å². The number of carbonyl (C=O) groups excluding carboxylic acids is 1. The lowest BCUT2D eigenvalue weighted by Crippen LogP contribution is -2.26. The van der Waals surface area contributed by atoms with Crippen LogP contribution in [0.15, 0.2) is 10.7 Å². The van der Waals surface area contributed by atoms with Crippen LogP contribution < -0.4 is 5.32 Å². The standard InChI is InChI=1S/C17H25N5O2S/c1-11(2)8-14-20-17(24-21-14)12(3)19-16(23)13-9-18-15(25-13)10-22-6-4-5-7-22/h9,11-12H,4-8,10H2,1-3H3,(H,19,23)/t12-/m0/s1. The summed E-state index contributed by atoms with van der Waals surface area (Å²) in [7, 11) is 0. The van der Waals surface area contributed by atoms with E-state index in [0.717, 1.165) is 31.1 Å². The Balaban J connectivity index is 1.56. The lowest BCUT2D eigenvalue weighted by atomic mass is 10.1. The molecule has 1 aliphatic heterocycles. The molecule has 1 fully saturated rings. The van der Waals surface area contributed by atoms with Crippen molar-refractivity contribution in [2.45, 2.75) is 52.6 Å². The third kappa shape index (κ3) is 4.85. The van der Waals surface area contributed by atoms with E-state index in [9.17, 15) is 4.79 Å². The van der Waals surface area contributed by atoms with Gasteiger partial charge in [-0.3, -0.25) is 9.69 Å². The summed E-state index contributed by atoms with van der Waals surface area (Å²) in [4.78, 5) is 24.1. The number of nitrogens with zero attached hydrogens (tertiary/aromatic N) is 4. The first-order chi connectivity index (χ1) is 12.0. The van der Waals surface area contributed by atoms with Crippen molar-refractivity contribution in [1.29, 1.82) is 0 Å². The van der Waals surface area contributed by atoms with Crippen LogP contribution in [-0.2, 0) is 13.0 Å². The Labute approximate surface area is 151 Å². The molecule has 1 atom stereocenters. The number of nitrogens with one attached hydrogen (secondary N) is 1. The Kier molecular flexibility index (Phi) is 5.80. The third-order valence-corrected chi connectivity index (χ3v) is 5.11. The van der Waals surface area contributed by atoms with Gasteiger partial charge in [0.05, 0.1) is 12.7 Å². The quantitative estimate of drug-likeness (QED) is 0.814. The molecule has 3 heterocycles. The van der Waals surface area contributed by atoms with Crippen molar-refractivity contribution in [2.24, 2.45) is 5.92 Å². The van der Waals surface area contributed by atoms with Gasteiger partial charge in [0, 0.05) is 6.42 Å². The first-order valence-electron chi connectivity index (χ1n) is 8.81. The van der Waals surface area contributed by atoms with Crippen LogP contribution in [0.25, 0.3) is 0 Å². The van der Waals surface area contributed by atoms with Gasteiger partial charge >= 0.3 is 0 Å². The summed E-state index contributed by atoms with van der Waals surface area (Å²) in [5.74, 6) is 1.42. The third-order valence-electron chi connectivity index (χ3n) is 4.13. The van der Waals surface area contributed by atoms with Crippen molar-refractivity contribution >= 4 is 17.2 Å². The average molecular weight is 363 g/mol. The predicted octanol–water partition coefficient (Wildman–Crippen LogP) is 2.81. The van der Waals surface area contributed by atoms with Crippen molar-refractivity contribution in [2.75, 3.05) is 13.1 Å². The molecule has 0 unspecified atom stereocenters. The zero-order valence-corrected chi connectivity index (χ0v) is 15.8. The Morgan fingerprint density at radius 3 is 2.84 bits per heavy atom. The zero-order valence-electron chi connectivity index (χ0n) is 15.0. The molecular weight excluding hydrogens is 338 g/mol. The molecule has 2 aromatic rings. The molecular formula is C17H25N5O2S. The van der Waals surface area contributed by atoms with Crippen LogP contribution in [0.3, 0.4) is 0 Å².